The summed E-state index contributed by atoms with van der Waals surface area (Å²) in [6.07, 6.45) is 1.48. The van der Waals surface area contributed by atoms with Crippen LogP contribution in [0, 0.1) is 0 Å². The van der Waals surface area contributed by atoms with Gasteiger partial charge in [0, 0.05) is 17.6 Å². The zero-order chi connectivity index (χ0) is 17.4. The Morgan fingerprint density at radius 2 is 2.08 bits per heavy atom. The van der Waals surface area contributed by atoms with E-state index in [0.29, 0.717) is 21.7 Å². The average Bonchev–Trinajstić information content (AvgIpc) is 3.04. The second kappa shape index (κ2) is 6.03. The first-order valence-corrected chi connectivity index (χ1v) is 7.78. The van der Waals surface area contributed by atoms with E-state index in [1.807, 2.05) is 18.2 Å². The molecule has 1 N–H and O–H groups in total. The summed E-state index contributed by atoms with van der Waals surface area (Å²) < 4.78 is 6.58. The third-order valence-corrected chi connectivity index (χ3v) is 3.91. The van der Waals surface area contributed by atoms with Crippen molar-refractivity contribution < 1.29 is 9.53 Å². The molecule has 0 unspecified atom stereocenters. The van der Waals surface area contributed by atoms with E-state index in [9.17, 15) is 9.59 Å². The van der Waals surface area contributed by atoms with Gasteiger partial charge < -0.3 is 4.74 Å². The zero-order valence-electron chi connectivity index (χ0n) is 12.8. The molecule has 0 amide bonds. The molecular weight excluding hydrogens is 344 g/mol. The van der Waals surface area contributed by atoms with Crippen molar-refractivity contribution in [3.8, 4) is 0 Å². The maximum atomic E-state index is 12.3. The summed E-state index contributed by atoms with van der Waals surface area (Å²) >= 11 is 5.87. The Labute approximate surface area is 145 Å². The van der Waals surface area contributed by atoms with Gasteiger partial charge in [-0.3, -0.25) is 14.3 Å². The Morgan fingerprint density at radius 1 is 1.24 bits per heavy atom. The van der Waals surface area contributed by atoms with E-state index in [-0.39, 0.29) is 17.9 Å². The molecule has 0 saturated carbocycles. The van der Waals surface area contributed by atoms with Crippen molar-refractivity contribution in [2.45, 2.75) is 6.61 Å². The first kappa shape index (κ1) is 15.3. The molecule has 0 aliphatic carbocycles. The molecule has 0 aliphatic rings. The molecule has 0 atom stereocenters. The van der Waals surface area contributed by atoms with E-state index >= 15 is 0 Å². The number of carbonyl (C=O) groups excluding carboxylic acids is 1. The summed E-state index contributed by atoms with van der Waals surface area (Å²) in [6.45, 7) is -0.131. The summed E-state index contributed by atoms with van der Waals surface area (Å²) in [5.74, 6) is -0.587. The highest BCUT2D eigenvalue weighted by Crippen LogP contribution is 2.16. The summed E-state index contributed by atoms with van der Waals surface area (Å²) in [4.78, 5) is 28.7. The van der Waals surface area contributed by atoms with Crippen LogP contribution in [-0.4, -0.2) is 25.6 Å². The quantitative estimate of drug-likeness (QED) is 0.571. The molecule has 1 aromatic carbocycles. The Hall–Kier alpha value is -3.19. The average molecular weight is 355 g/mol. The van der Waals surface area contributed by atoms with Crippen molar-refractivity contribution in [2.75, 3.05) is 0 Å². The number of halogens is 1. The number of rotatable bonds is 3. The van der Waals surface area contributed by atoms with Crippen molar-refractivity contribution in [2.24, 2.45) is 0 Å². The standard InChI is InChI=1S/C17H11ClN4O3/c18-10-5-6-14-19-11(7-15(23)22(14)8-10)9-25-17(24)16-12-3-1-2-4-13(12)20-21-16/h1-8H,9H2,(H,20,21). The largest absolute Gasteiger partial charge is 0.454 e. The number of hydrogen-bond donors (Lipinski definition) is 1. The normalized spacial score (nSPS) is 11.1. The molecule has 0 saturated heterocycles. The Bertz CT molecular complexity index is 1170. The predicted octanol–water partition coefficient (Wildman–Crippen LogP) is 2.58. The summed E-state index contributed by atoms with van der Waals surface area (Å²) in [5.41, 5.74) is 1.41. The minimum Gasteiger partial charge on any atom is -0.454 e. The molecule has 8 heteroatoms. The molecule has 4 aromatic rings. The van der Waals surface area contributed by atoms with Crippen molar-refractivity contribution in [1.29, 1.82) is 0 Å². The van der Waals surface area contributed by atoms with Crippen LogP contribution in [0.3, 0.4) is 0 Å². The molecule has 0 fully saturated rings. The van der Waals surface area contributed by atoms with Crippen LogP contribution in [-0.2, 0) is 11.3 Å². The zero-order valence-corrected chi connectivity index (χ0v) is 13.5. The lowest BCUT2D eigenvalue weighted by Crippen LogP contribution is -2.16. The number of aromatic nitrogens is 4. The van der Waals surface area contributed by atoms with Gasteiger partial charge >= 0.3 is 5.97 Å². The molecule has 25 heavy (non-hydrogen) atoms. The first-order chi connectivity index (χ1) is 12.1. The maximum absolute atomic E-state index is 12.3. The van der Waals surface area contributed by atoms with Gasteiger partial charge in [-0.15, -0.1) is 0 Å². The van der Waals surface area contributed by atoms with E-state index in [1.165, 1.54) is 16.7 Å². The van der Waals surface area contributed by atoms with Crippen molar-refractivity contribution >= 4 is 34.1 Å². The van der Waals surface area contributed by atoms with Crippen molar-refractivity contribution in [1.82, 2.24) is 19.6 Å². The van der Waals surface area contributed by atoms with Crippen LogP contribution in [0.5, 0.6) is 0 Å². The highest BCUT2D eigenvalue weighted by atomic mass is 35.5. The van der Waals surface area contributed by atoms with Crippen LogP contribution in [0.1, 0.15) is 16.2 Å². The molecule has 0 radical (unpaired) electrons. The van der Waals surface area contributed by atoms with Gasteiger partial charge in [-0.1, -0.05) is 29.8 Å². The van der Waals surface area contributed by atoms with E-state index in [4.69, 9.17) is 16.3 Å². The fraction of sp³-hybridized carbons (Fsp3) is 0.0588. The molecule has 4 rings (SSSR count). The number of pyridine rings is 1. The number of fused-ring (bicyclic) bond motifs is 2. The van der Waals surface area contributed by atoms with Gasteiger partial charge in [0.15, 0.2) is 5.69 Å². The highest BCUT2D eigenvalue weighted by molar-refractivity contribution is 6.30. The van der Waals surface area contributed by atoms with Crippen molar-refractivity contribution in [3.63, 3.8) is 0 Å². The highest BCUT2D eigenvalue weighted by Gasteiger charge is 2.16. The van der Waals surface area contributed by atoms with Crippen molar-refractivity contribution in [3.05, 3.63) is 75.4 Å². The molecular formula is C17H11ClN4O3. The lowest BCUT2D eigenvalue weighted by Gasteiger charge is -2.05. The van der Waals surface area contributed by atoms with Gasteiger partial charge in [0.1, 0.15) is 12.3 Å². The molecule has 0 bridgehead atoms. The smallest absolute Gasteiger partial charge is 0.359 e. The minimum absolute atomic E-state index is 0.131. The maximum Gasteiger partial charge on any atom is 0.359 e. The van der Waals surface area contributed by atoms with Crippen LogP contribution in [0.15, 0.2) is 53.5 Å². The second-order valence-corrected chi connectivity index (χ2v) is 5.79. The summed E-state index contributed by atoms with van der Waals surface area (Å²) in [5, 5.41) is 7.86. The number of esters is 1. The molecule has 0 aliphatic heterocycles. The number of hydrogen-bond acceptors (Lipinski definition) is 5. The number of nitrogens with zero attached hydrogens (tertiary/aromatic N) is 3. The molecule has 7 nitrogen and oxygen atoms in total. The third kappa shape index (κ3) is 2.85. The molecule has 124 valence electrons. The van der Waals surface area contributed by atoms with Crippen LogP contribution >= 0.6 is 11.6 Å². The first-order valence-electron chi connectivity index (χ1n) is 7.40. The monoisotopic (exact) mass is 354 g/mol. The van der Waals surface area contributed by atoms with E-state index in [2.05, 4.69) is 15.2 Å². The number of nitrogens with one attached hydrogen (secondary N) is 1. The Balaban J connectivity index is 1.59. The van der Waals surface area contributed by atoms with Gasteiger partial charge in [0.2, 0.25) is 0 Å². The van der Waals surface area contributed by atoms with Crippen LogP contribution in [0.2, 0.25) is 5.02 Å². The van der Waals surface area contributed by atoms with Gasteiger partial charge in [-0.2, -0.15) is 5.10 Å². The van der Waals surface area contributed by atoms with Gasteiger partial charge in [-0.25, -0.2) is 9.78 Å². The van der Waals surface area contributed by atoms with E-state index in [1.54, 1.807) is 18.2 Å². The molecule has 0 spiro atoms. The van der Waals surface area contributed by atoms with E-state index < -0.39 is 5.97 Å². The number of para-hydroxylation sites is 1. The minimum atomic E-state index is -0.587. The number of aromatic amines is 1. The van der Waals surface area contributed by atoms with E-state index in [0.717, 1.165) is 5.52 Å². The third-order valence-electron chi connectivity index (χ3n) is 3.69. The van der Waals surface area contributed by atoms with Crippen LogP contribution in [0.4, 0.5) is 0 Å². The topological polar surface area (TPSA) is 89.3 Å². The van der Waals surface area contributed by atoms with Crippen LogP contribution in [0.25, 0.3) is 16.6 Å². The summed E-state index contributed by atoms with van der Waals surface area (Å²) in [6, 6.07) is 11.8. The Morgan fingerprint density at radius 3 is 2.96 bits per heavy atom. The number of carbonyl (C=O) groups is 1. The van der Waals surface area contributed by atoms with Crippen LogP contribution < -0.4 is 5.56 Å². The SMILES string of the molecule is O=C(OCc1cc(=O)n2cc(Cl)ccc2n1)c1n[nH]c2ccccc12. The summed E-state index contributed by atoms with van der Waals surface area (Å²) in [7, 11) is 0. The fourth-order valence-electron chi connectivity index (χ4n) is 2.53. The fourth-order valence-corrected chi connectivity index (χ4v) is 2.69. The molecule has 3 heterocycles. The van der Waals surface area contributed by atoms with Gasteiger partial charge in [0.05, 0.1) is 16.2 Å². The molecule has 3 aromatic heterocycles. The van der Waals surface area contributed by atoms with Gasteiger partial charge in [0.25, 0.3) is 5.56 Å². The lowest BCUT2D eigenvalue weighted by molar-refractivity contribution is 0.0463. The predicted molar refractivity (Wildman–Crippen MR) is 91.7 cm³/mol. The second-order valence-electron chi connectivity index (χ2n) is 5.36. The number of ether oxygens (including phenoxy) is 1. The lowest BCUT2D eigenvalue weighted by atomic mass is 10.2. The number of H-pyrrole nitrogens is 1. The Kier molecular flexibility index (Phi) is 3.70. The van der Waals surface area contributed by atoms with Gasteiger partial charge in [-0.05, 0) is 18.2 Å². The number of benzene rings is 1.